The lowest BCUT2D eigenvalue weighted by molar-refractivity contribution is 0.371. The van der Waals surface area contributed by atoms with E-state index >= 15 is 0 Å². The van der Waals surface area contributed by atoms with Gasteiger partial charge >= 0.3 is 0 Å². The number of imidazole rings is 1. The lowest BCUT2D eigenvalue weighted by Gasteiger charge is -2.01. The van der Waals surface area contributed by atoms with Gasteiger partial charge in [-0.3, -0.25) is 0 Å². The maximum Gasteiger partial charge on any atom is 0.228 e. The third-order valence-electron chi connectivity index (χ3n) is 2.69. The zero-order chi connectivity index (χ0) is 12.5. The molecule has 92 valence electrons. The standard InChI is InChI=1S/C11H9BrN4OS/c12-7-1-2-9-8(5-7)15-11(18)16(9)4-3-10-13-6-14-17-10/h1-2,5-6H,3-4H2,(H,15,18). The van der Waals surface area contributed by atoms with Crippen LogP contribution in [0.25, 0.3) is 11.0 Å². The van der Waals surface area contributed by atoms with E-state index in [4.69, 9.17) is 16.7 Å². The summed E-state index contributed by atoms with van der Waals surface area (Å²) in [5.41, 5.74) is 2.09. The predicted octanol–water partition coefficient (Wildman–Crippen LogP) is 3.09. The summed E-state index contributed by atoms with van der Waals surface area (Å²) in [5.74, 6) is 0.614. The number of nitrogens with zero attached hydrogens (tertiary/aromatic N) is 3. The second kappa shape index (κ2) is 4.66. The monoisotopic (exact) mass is 324 g/mol. The molecule has 0 unspecified atom stereocenters. The van der Waals surface area contributed by atoms with Crippen molar-refractivity contribution in [3.63, 3.8) is 0 Å². The predicted molar refractivity (Wildman–Crippen MR) is 72.8 cm³/mol. The van der Waals surface area contributed by atoms with Gasteiger partial charge in [-0.25, -0.2) is 0 Å². The zero-order valence-electron chi connectivity index (χ0n) is 9.26. The number of hydrogen-bond acceptors (Lipinski definition) is 4. The molecule has 0 fully saturated rings. The molecule has 3 rings (SSSR count). The molecule has 5 nitrogen and oxygen atoms in total. The first-order valence-corrected chi connectivity index (χ1v) is 6.58. The van der Waals surface area contributed by atoms with Gasteiger partial charge in [-0.2, -0.15) is 4.98 Å². The molecule has 1 N–H and O–H groups in total. The molecule has 0 atom stereocenters. The topological polar surface area (TPSA) is 59.6 Å². The Morgan fingerprint density at radius 1 is 1.44 bits per heavy atom. The summed E-state index contributed by atoms with van der Waals surface area (Å²) in [6.07, 6.45) is 2.07. The summed E-state index contributed by atoms with van der Waals surface area (Å²) in [5, 5.41) is 3.58. The van der Waals surface area contributed by atoms with Gasteiger partial charge in [0.25, 0.3) is 0 Å². The maximum absolute atomic E-state index is 5.32. The van der Waals surface area contributed by atoms with Crippen LogP contribution in [0.5, 0.6) is 0 Å². The summed E-state index contributed by atoms with van der Waals surface area (Å²) in [6, 6.07) is 6.03. The van der Waals surface area contributed by atoms with Gasteiger partial charge in [-0.15, -0.1) is 0 Å². The summed E-state index contributed by atoms with van der Waals surface area (Å²) >= 11 is 8.76. The number of nitrogens with one attached hydrogen (secondary N) is 1. The van der Waals surface area contributed by atoms with Crippen molar-refractivity contribution < 1.29 is 4.52 Å². The molecular weight excluding hydrogens is 316 g/mol. The van der Waals surface area contributed by atoms with E-state index in [1.165, 1.54) is 6.33 Å². The minimum absolute atomic E-state index is 0.614. The first-order chi connectivity index (χ1) is 8.74. The van der Waals surface area contributed by atoms with Crippen molar-refractivity contribution in [2.75, 3.05) is 0 Å². The minimum Gasteiger partial charge on any atom is -0.340 e. The fourth-order valence-electron chi connectivity index (χ4n) is 1.87. The number of halogens is 1. The SMILES string of the molecule is S=c1[nH]c2cc(Br)ccc2n1CCc1ncno1. The van der Waals surface area contributed by atoms with Crippen molar-refractivity contribution in [2.24, 2.45) is 0 Å². The highest BCUT2D eigenvalue weighted by atomic mass is 79.9. The molecule has 2 heterocycles. The van der Waals surface area contributed by atoms with Crippen LogP contribution in [0, 0.1) is 4.77 Å². The second-order valence-corrected chi connectivity index (χ2v) is 5.13. The molecule has 1 aromatic carbocycles. The first kappa shape index (κ1) is 11.6. The number of hydrogen-bond donors (Lipinski definition) is 1. The van der Waals surface area contributed by atoms with Gasteiger partial charge in [0.1, 0.15) is 0 Å². The normalized spacial score (nSPS) is 11.2. The highest BCUT2D eigenvalue weighted by molar-refractivity contribution is 9.10. The fraction of sp³-hybridized carbons (Fsp3) is 0.182. The number of aromatic nitrogens is 4. The molecule has 0 amide bonds. The Morgan fingerprint density at radius 2 is 2.33 bits per heavy atom. The van der Waals surface area contributed by atoms with Crippen LogP contribution in [-0.2, 0) is 13.0 Å². The Balaban J connectivity index is 1.96. The molecule has 2 aromatic heterocycles. The molecule has 7 heteroatoms. The van der Waals surface area contributed by atoms with E-state index in [0.717, 1.165) is 15.5 Å². The molecule has 18 heavy (non-hydrogen) atoms. The Morgan fingerprint density at radius 3 is 3.11 bits per heavy atom. The van der Waals surface area contributed by atoms with E-state index in [1.807, 2.05) is 22.8 Å². The van der Waals surface area contributed by atoms with E-state index in [0.29, 0.717) is 23.6 Å². The van der Waals surface area contributed by atoms with E-state index in [2.05, 4.69) is 31.1 Å². The van der Waals surface area contributed by atoms with E-state index in [1.54, 1.807) is 0 Å². The maximum atomic E-state index is 5.32. The number of aromatic amines is 1. The van der Waals surface area contributed by atoms with Crippen LogP contribution in [-0.4, -0.2) is 19.7 Å². The van der Waals surface area contributed by atoms with Crippen LogP contribution in [0.1, 0.15) is 5.89 Å². The summed E-state index contributed by atoms with van der Waals surface area (Å²) in [4.78, 5) is 7.18. The first-order valence-electron chi connectivity index (χ1n) is 5.37. The Labute approximate surface area is 116 Å². The average Bonchev–Trinajstić information content (AvgIpc) is 2.93. The minimum atomic E-state index is 0.614. The van der Waals surface area contributed by atoms with Crippen molar-refractivity contribution >= 4 is 39.2 Å². The second-order valence-electron chi connectivity index (χ2n) is 3.83. The smallest absolute Gasteiger partial charge is 0.228 e. The van der Waals surface area contributed by atoms with Crippen LogP contribution >= 0.6 is 28.1 Å². The number of aryl methyl sites for hydroxylation is 2. The molecule has 0 aliphatic carbocycles. The summed E-state index contributed by atoms with van der Waals surface area (Å²) in [7, 11) is 0. The molecule has 0 spiro atoms. The van der Waals surface area contributed by atoms with Gasteiger partial charge in [0.05, 0.1) is 11.0 Å². The third-order valence-corrected chi connectivity index (χ3v) is 3.51. The Hall–Kier alpha value is -1.47. The van der Waals surface area contributed by atoms with Gasteiger partial charge in [-0.1, -0.05) is 21.1 Å². The molecule has 0 radical (unpaired) electrons. The molecule has 0 aliphatic rings. The van der Waals surface area contributed by atoms with E-state index in [9.17, 15) is 0 Å². The van der Waals surface area contributed by atoms with Gasteiger partial charge in [0, 0.05) is 17.4 Å². The van der Waals surface area contributed by atoms with Crippen LogP contribution < -0.4 is 0 Å². The van der Waals surface area contributed by atoms with Crippen LogP contribution in [0.4, 0.5) is 0 Å². The van der Waals surface area contributed by atoms with Gasteiger partial charge in [0.15, 0.2) is 11.1 Å². The molecule has 0 saturated carbocycles. The summed E-state index contributed by atoms with van der Waals surface area (Å²) < 4.78 is 8.73. The van der Waals surface area contributed by atoms with Crippen molar-refractivity contribution in [2.45, 2.75) is 13.0 Å². The largest absolute Gasteiger partial charge is 0.340 e. The van der Waals surface area contributed by atoms with Crippen LogP contribution in [0.15, 0.2) is 33.5 Å². The number of benzene rings is 1. The lowest BCUT2D eigenvalue weighted by atomic mass is 10.3. The zero-order valence-corrected chi connectivity index (χ0v) is 11.7. The lowest BCUT2D eigenvalue weighted by Crippen LogP contribution is -2.01. The molecule has 3 aromatic rings. The summed E-state index contributed by atoms with van der Waals surface area (Å²) in [6.45, 7) is 0.711. The Kier molecular flexibility index (Phi) is 3.00. The highest BCUT2D eigenvalue weighted by Crippen LogP contribution is 2.19. The average molecular weight is 325 g/mol. The van der Waals surface area contributed by atoms with Crippen LogP contribution in [0.2, 0.25) is 0 Å². The van der Waals surface area contributed by atoms with Crippen molar-refractivity contribution in [1.82, 2.24) is 19.7 Å². The fourth-order valence-corrected chi connectivity index (χ4v) is 2.53. The van der Waals surface area contributed by atoms with E-state index in [-0.39, 0.29) is 0 Å². The number of rotatable bonds is 3. The van der Waals surface area contributed by atoms with Crippen molar-refractivity contribution in [3.8, 4) is 0 Å². The van der Waals surface area contributed by atoms with Gasteiger partial charge in [-0.05, 0) is 30.4 Å². The molecule has 0 aliphatic heterocycles. The van der Waals surface area contributed by atoms with Crippen molar-refractivity contribution in [1.29, 1.82) is 0 Å². The molecular formula is C11H9BrN4OS. The number of fused-ring (bicyclic) bond motifs is 1. The van der Waals surface area contributed by atoms with Gasteiger partial charge < -0.3 is 14.1 Å². The van der Waals surface area contributed by atoms with Gasteiger partial charge in [0.2, 0.25) is 5.89 Å². The Bertz CT molecular complexity index is 731. The van der Waals surface area contributed by atoms with Crippen LogP contribution in [0.3, 0.4) is 0 Å². The molecule has 0 bridgehead atoms. The third kappa shape index (κ3) is 2.11. The quantitative estimate of drug-likeness (QED) is 0.752. The molecule has 0 saturated heterocycles. The number of H-pyrrole nitrogens is 1. The highest BCUT2D eigenvalue weighted by Gasteiger charge is 2.06. The van der Waals surface area contributed by atoms with Crippen molar-refractivity contribution in [3.05, 3.63) is 39.7 Å². The van der Waals surface area contributed by atoms with E-state index < -0.39 is 0 Å².